The van der Waals surface area contributed by atoms with Crippen LogP contribution >= 0.6 is 0 Å². The van der Waals surface area contributed by atoms with Crippen LogP contribution in [0.25, 0.3) is 0 Å². The summed E-state index contributed by atoms with van der Waals surface area (Å²) in [6.45, 7) is 5.10. The zero-order valence-corrected chi connectivity index (χ0v) is 14.2. The van der Waals surface area contributed by atoms with Crippen LogP contribution in [-0.2, 0) is 21.3 Å². The van der Waals surface area contributed by atoms with Gasteiger partial charge in [0.25, 0.3) is 0 Å². The molecule has 0 saturated carbocycles. The van der Waals surface area contributed by atoms with E-state index < -0.39 is 15.7 Å². The van der Waals surface area contributed by atoms with Crippen molar-refractivity contribution in [3.05, 3.63) is 29.8 Å². The molecule has 128 valence electrons. The summed E-state index contributed by atoms with van der Waals surface area (Å²) in [7, 11) is -3.44. The van der Waals surface area contributed by atoms with Crippen LogP contribution in [0, 0.1) is 0 Å². The molecule has 2 heterocycles. The summed E-state index contributed by atoms with van der Waals surface area (Å²) in [4.78, 5) is 2.34. The molecular weight excluding hydrogens is 319 g/mol. The Balaban J connectivity index is 1.63. The van der Waals surface area contributed by atoms with Crippen molar-refractivity contribution in [2.45, 2.75) is 30.5 Å². The normalized spacial score (nSPS) is 22.7. The number of nitrogens with zero attached hydrogens (tertiary/aromatic N) is 2. The number of halogens is 1. The number of hydrogen-bond donors (Lipinski definition) is 0. The fourth-order valence-corrected chi connectivity index (χ4v) is 4.46. The van der Waals surface area contributed by atoms with Gasteiger partial charge in [-0.05, 0) is 24.1 Å². The van der Waals surface area contributed by atoms with Crippen molar-refractivity contribution < 1.29 is 17.5 Å². The summed E-state index contributed by atoms with van der Waals surface area (Å²) in [5, 5.41) is 0. The molecule has 1 aromatic rings. The lowest BCUT2D eigenvalue weighted by Crippen LogP contribution is -2.57. The van der Waals surface area contributed by atoms with E-state index in [1.165, 1.54) is 4.31 Å². The van der Waals surface area contributed by atoms with Crippen molar-refractivity contribution in [3.63, 3.8) is 0 Å². The summed E-state index contributed by atoms with van der Waals surface area (Å²) in [6.07, 6.45) is 0.542. The molecule has 0 radical (unpaired) electrons. The molecule has 0 N–H and O–H groups in total. The molecule has 0 bridgehead atoms. The van der Waals surface area contributed by atoms with Gasteiger partial charge >= 0.3 is 0 Å². The van der Waals surface area contributed by atoms with Gasteiger partial charge in [-0.15, -0.1) is 0 Å². The standard InChI is InChI=1S/C16H23FN2O3S/c1-2-16(17)12-18(13-16)11-14-3-5-15(6-4-14)23(20,21)19-7-9-22-10-8-19/h3-6H,2,7-13H2,1H3. The van der Waals surface area contributed by atoms with E-state index in [1.807, 2.05) is 24.0 Å². The molecule has 0 unspecified atom stereocenters. The summed E-state index contributed by atoms with van der Waals surface area (Å²) >= 11 is 0. The fourth-order valence-electron chi connectivity index (χ4n) is 3.05. The Labute approximate surface area is 137 Å². The number of ether oxygens (including phenoxy) is 1. The molecule has 2 aliphatic rings. The Morgan fingerprint density at radius 3 is 2.35 bits per heavy atom. The largest absolute Gasteiger partial charge is 0.379 e. The number of benzene rings is 1. The first-order chi connectivity index (χ1) is 10.9. The summed E-state index contributed by atoms with van der Waals surface area (Å²) in [6, 6.07) is 6.92. The van der Waals surface area contributed by atoms with E-state index in [0.29, 0.717) is 57.3 Å². The van der Waals surface area contributed by atoms with Gasteiger partial charge in [0.05, 0.1) is 18.1 Å². The van der Waals surface area contributed by atoms with Crippen LogP contribution in [0.3, 0.4) is 0 Å². The monoisotopic (exact) mass is 342 g/mol. The molecule has 0 aromatic heterocycles. The van der Waals surface area contributed by atoms with Crippen LogP contribution in [0.5, 0.6) is 0 Å². The van der Waals surface area contributed by atoms with Gasteiger partial charge in [0.2, 0.25) is 10.0 Å². The van der Waals surface area contributed by atoms with Crippen molar-refractivity contribution in [1.82, 2.24) is 9.21 Å². The third-order valence-corrected chi connectivity index (χ3v) is 6.50. The van der Waals surface area contributed by atoms with Gasteiger partial charge in [-0.25, -0.2) is 12.8 Å². The number of rotatable bonds is 5. The van der Waals surface area contributed by atoms with E-state index in [9.17, 15) is 12.8 Å². The summed E-state index contributed by atoms with van der Waals surface area (Å²) in [5.74, 6) is 0. The second-order valence-electron chi connectivity index (χ2n) is 6.31. The molecule has 0 aliphatic carbocycles. The minimum absolute atomic E-state index is 0.306. The third-order valence-electron chi connectivity index (χ3n) is 4.58. The Morgan fingerprint density at radius 1 is 1.17 bits per heavy atom. The van der Waals surface area contributed by atoms with Gasteiger partial charge in [-0.1, -0.05) is 19.1 Å². The third kappa shape index (κ3) is 3.57. The maximum absolute atomic E-state index is 13.9. The van der Waals surface area contributed by atoms with Gasteiger partial charge in [-0.3, -0.25) is 4.90 Å². The number of sulfonamides is 1. The van der Waals surface area contributed by atoms with Crippen LogP contribution in [0.15, 0.2) is 29.2 Å². The number of likely N-dealkylation sites (tertiary alicyclic amines) is 1. The molecule has 2 aliphatic heterocycles. The van der Waals surface area contributed by atoms with Gasteiger partial charge in [0.1, 0.15) is 5.67 Å². The second kappa shape index (κ2) is 6.47. The van der Waals surface area contributed by atoms with Gasteiger partial charge < -0.3 is 4.74 Å². The van der Waals surface area contributed by atoms with Gasteiger partial charge in [0.15, 0.2) is 0 Å². The van der Waals surface area contributed by atoms with Crippen molar-refractivity contribution in [2.75, 3.05) is 39.4 Å². The average molecular weight is 342 g/mol. The van der Waals surface area contributed by atoms with Crippen LogP contribution in [0.1, 0.15) is 18.9 Å². The van der Waals surface area contributed by atoms with E-state index in [1.54, 1.807) is 12.1 Å². The van der Waals surface area contributed by atoms with Crippen LogP contribution in [0.2, 0.25) is 0 Å². The highest BCUT2D eigenvalue weighted by Crippen LogP contribution is 2.30. The second-order valence-corrected chi connectivity index (χ2v) is 8.25. The lowest BCUT2D eigenvalue weighted by atomic mass is 9.93. The van der Waals surface area contributed by atoms with Crippen molar-refractivity contribution in [3.8, 4) is 0 Å². The molecular formula is C16H23FN2O3S. The predicted octanol–water partition coefficient (Wildman–Crippen LogP) is 1.64. The lowest BCUT2D eigenvalue weighted by Gasteiger charge is -2.44. The first-order valence-corrected chi connectivity index (χ1v) is 9.45. The van der Waals surface area contributed by atoms with Crippen molar-refractivity contribution in [2.24, 2.45) is 0 Å². The zero-order chi connectivity index (χ0) is 16.5. The molecule has 23 heavy (non-hydrogen) atoms. The van der Waals surface area contributed by atoms with Gasteiger partial charge in [-0.2, -0.15) is 4.31 Å². The quantitative estimate of drug-likeness (QED) is 0.816. The Morgan fingerprint density at radius 2 is 1.78 bits per heavy atom. The van der Waals surface area contributed by atoms with Crippen molar-refractivity contribution >= 4 is 10.0 Å². The molecule has 0 atom stereocenters. The minimum atomic E-state index is -3.44. The molecule has 3 rings (SSSR count). The zero-order valence-electron chi connectivity index (χ0n) is 13.4. The topological polar surface area (TPSA) is 49.9 Å². The first kappa shape index (κ1) is 16.8. The van der Waals surface area contributed by atoms with Crippen LogP contribution < -0.4 is 0 Å². The molecule has 0 amide bonds. The number of hydrogen-bond acceptors (Lipinski definition) is 4. The maximum atomic E-state index is 13.9. The summed E-state index contributed by atoms with van der Waals surface area (Å²) in [5.41, 5.74) is -0.0383. The predicted molar refractivity (Wildman–Crippen MR) is 85.4 cm³/mol. The smallest absolute Gasteiger partial charge is 0.243 e. The summed E-state index contributed by atoms with van der Waals surface area (Å²) < 4.78 is 45.6. The van der Waals surface area contributed by atoms with Crippen molar-refractivity contribution in [1.29, 1.82) is 0 Å². The highest BCUT2D eigenvalue weighted by atomic mass is 32.2. The average Bonchev–Trinajstić information content (AvgIpc) is 2.54. The highest BCUT2D eigenvalue weighted by Gasteiger charge is 2.41. The molecule has 7 heteroatoms. The first-order valence-electron chi connectivity index (χ1n) is 8.01. The lowest BCUT2D eigenvalue weighted by molar-refractivity contribution is -0.0393. The maximum Gasteiger partial charge on any atom is 0.243 e. The van der Waals surface area contributed by atoms with Crippen LogP contribution in [0.4, 0.5) is 4.39 Å². The molecule has 5 nitrogen and oxygen atoms in total. The Bertz CT molecular complexity index is 636. The van der Waals surface area contributed by atoms with E-state index in [2.05, 4.69) is 0 Å². The van der Waals surface area contributed by atoms with Gasteiger partial charge in [0, 0.05) is 32.7 Å². The Hall–Kier alpha value is -1.02. The number of morpholine rings is 1. The van der Waals surface area contributed by atoms with Crippen LogP contribution in [-0.4, -0.2) is 62.7 Å². The minimum Gasteiger partial charge on any atom is -0.379 e. The molecule has 1 aromatic carbocycles. The SMILES string of the molecule is CCC1(F)CN(Cc2ccc(S(=O)(=O)N3CCOCC3)cc2)C1. The Kier molecular flexibility index (Phi) is 4.73. The van der Waals surface area contributed by atoms with E-state index in [0.717, 1.165) is 5.56 Å². The van der Waals surface area contributed by atoms with E-state index in [-0.39, 0.29) is 0 Å². The molecule has 2 saturated heterocycles. The molecule has 0 spiro atoms. The van der Waals surface area contributed by atoms with E-state index in [4.69, 9.17) is 4.74 Å². The fraction of sp³-hybridized carbons (Fsp3) is 0.625. The highest BCUT2D eigenvalue weighted by molar-refractivity contribution is 7.89. The van der Waals surface area contributed by atoms with E-state index >= 15 is 0 Å². The number of alkyl halides is 1. The molecule has 2 fully saturated rings.